The summed E-state index contributed by atoms with van der Waals surface area (Å²) in [6.07, 6.45) is -3.77. The zero-order valence-corrected chi connectivity index (χ0v) is 21.6. The number of carbonyl (C=O) groups is 1. The Hall–Kier alpha value is -2.48. The molecule has 1 fully saturated rings. The van der Waals surface area contributed by atoms with Crippen molar-refractivity contribution in [2.45, 2.75) is 89.4 Å². The van der Waals surface area contributed by atoms with E-state index in [1.165, 1.54) is 12.1 Å². The van der Waals surface area contributed by atoms with Crippen LogP contribution in [0.4, 0.5) is 22.0 Å². The molecule has 3 rings (SSSR count). The normalized spacial score (nSPS) is 20.1. The molecule has 2 aromatic carbocycles. The van der Waals surface area contributed by atoms with E-state index >= 15 is 0 Å². The number of hydrogen-bond acceptors (Lipinski definition) is 2. The van der Waals surface area contributed by atoms with Crippen LogP contribution in [-0.4, -0.2) is 34.7 Å². The van der Waals surface area contributed by atoms with E-state index < -0.39 is 36.2 Å². The topological polar surface area (TPSA) is 40.5 Å². The fourth-order valence-electron chi connectivity index (χ4n) is 5.35. The lowest BCUT2D eigenvalue weighted by Crippen LogP contribution is -2.44. The molecular weight excluding hydrogens is 489 g/mol. The molecule has 8 heteroatoms. The molecule has 0 aromatic heterocycles. The number of piperidine rings is 1. The molecule has 0 saturated carbocycles. The van der Waals surface area contributed by atoms with Crippen LogP contribution in [0.3, 0.4) is 0 Å². The van der Waals surface area contributed by atoms with E-state index in [1.807, 2.05) is 24.3 Å². The lowest BCUT2D eigenvalue weighted by atomic mass is 9.81. The highest BCUT2D eigenvalue weighted by atomic mass is 19.4. The van der Waals surface area contributed by atoms with E-state index in [2.05, 4.69) is 25.7 Å². The molecule has 0 aliphatic carbocycles. The molecule has 3 atom stereocenters. The molecule has 0 unspecified atom stereocenters. The van der Waals surface area contributed by atoms with Gasteiger partial charge in [0.2, 0.25) is 0 Å². The highest BCUT2D eigenvalue weighted by Gasteiger charge is 2.37. The van der Waals surface area contributed by atoms with Crippen LogP contribution in [0.25, 0.3) is 0 Å². The number of alkyl halides is 3. The number of halogens is 5. The fraction of sp³-hybridized carbons (Fsp3) is 0.552. The molecule has 1 heterocycles. The second-order valence-corrected chi connectivity index (χ2v) is 11.2. The number of benzene rings is 2. The van der Waals surface area contributed by atoms with Gasteiger partial charge in [-0.25, -0.2) is 8.78 Å². The Balaban J connectivity index is 1.90. The van der Waals surface area contributed by atoms with Crippen molar-refractivity contribution in [2.75, 3.05) is 6.54 Å². The first kappa shape index (κ1) is 29.1. The summed E-state index contributed by atoms with van der Waals surface area (Å²) >= 11 is 0. The van der Waals surface area contributed by atoms with Gasteiger partial charge in [0.05, 0.1) is 0 Å². The quantitative estimate of drug-likeness (QED) is 0.339. The number of carboxylic acids is 1. The zero-order chi connectivity index (χ0) is 27.4. The van der Waals surface area contributed by atoms with Crippen molar-refractivity contribution in [2.24, 2.45) is 5.92 Å². The average Bonchev–Trinajstić information content (AvgIpc) is 2.77. The van der Waals surface area contributed by atoms with Crippen LogP contribution in [0.1, 0.15) is 82.0 Å². The third kappa shape index (κ3) is 8.80. The molecule has 0 bridgehead atoms. The van der Waals surface area contributed by atoms with Crippen LogP contribution in [0.2, 0.25) is 0 Å². The van der Waals surface area contributed by atoms with Crippen LogP contribution >= 0.6 is 0 Å². The van der Waals surface area contributed by atoms with Gasteiger partial charge in [0.25, 0.3) is 0 Å². The summed E-state index contributed by atoms with van der Waals surface area (Å²) in [6.45, 7) is 6.75. The number of aryl methyl sites for hydroxylation is 1. The van der Waals surface area contributed by atoms with Gasteiger partial charge in [-0.3, -0.25) is 9.69 Å². The zero-order valence-electron chi connectivity index (χ0n) is 21.6. The Morgan fingerprint density at radius 3 is 2.19 bits per heavy atom. The van der Waals surface area contributed by atoms with E-state index in [0.29, 0.717) is 31.4 Å². The van der Waals surface area contributed by atoms with Crippen molar-refractivity contribution in [3.63, 3.8) is 0 Å². The number of carboxylic acid groups (broad SMARTS) is 1. The van der Waals surface area contributed by atoms with Gasteiger partial charge in [0.1, 0.15) is 11.6 Å². The maximum atomic E-state index is 13.7. The molecule has 1 aliphatic heterocycles. The largest absolute Gasteiger partial charge is 0.481 e. The Kier molecular flexibility index (Phi) is 9.37. The van der Waals surface area contributed by atoms with Crippen LogP contribution in [0.15, 0.2) is 42.5 Å². The summed E-state index contributed by atoms with van der Waals surface area (Å²) in [4.78, 5) is 13.5. The summed E-state index contributed by atoms with van der Waals surface area (Å²) in [5.74, 6) is -2.40. The number of hydrogen-bond donors (Lipinski definition) is 1. The van der Waals surface area contributed by atoms with Crippen molar-refractivity contribution in [3.8, 4) is 0 Å². The van der Waals surface area contributed by atoms with E-state index in [9.17, 15) is 31.9 Å². The Morgan fingerprint density at radius 1 is 1.03 bits per heavy atom. The SMILES string of the molecule is CC(C)(C)c1ccc([C@@H]2C[C@H](CC(=O)O)CCN2[C@H](CCc2cc(F)cc(F)c2)CCC(F)(F)F)cc1. The Bertz CT molecular complexity index is 1030. The highest BCUT2D eigenvalue weighted by Crippen LogP contribution is 2.40. The average molecular weight is 526 g/mol. The van der Waals surface area contributed by atoms with Crippen molar-refractivity contribution < 1.29 is 31.9 Å². The summed E-state index contributed by atoms with van der Waals surface area (Å²) in [5.41, 5.74) is 2.41. The fourth-order valence-corrected chi connectivity index (χ4v) is 5.35. The van der Waals surface area contributed by atoms with Gasteiger partial charge >= 0.3 is 12.1 Å². The molecule has 0 radical (unpaired) electrons. The maximum absolute atomic E-state index is 13.7. The molecule has 1 N–H and O–H groups in total. The second-order valence-electron chi connectivity index (χ2n) is 11.2. The van der Waals surface area contributed by atoms with Crippen molar-refractivity contribution in [1.82, 2.24) is 4.90 Å². The van der Waals surface area contributed by atoms with Crippen LogP contribution in [-0.2, 0) is 16.6 Å². The number of nitrogens with zero attached hydrogens (tertiary/aromatic N) is 1. The van der Waals surface area contributed by atoms with Gasteiger partial charge in [-0.1, -0.05) is 45.0 Å². The number of aliphatic carboxylic acids is 1. The minimum Gasteiger partial charge on any atom is -0.481 e. The lowest BCUT2D eigenvalue weighted by molar-refractivity contribution is -0.141. The minimum absolute atomic E-state index is 0.0141. The molecule has 204 valence electrons. The first-order chi connectivity index (χ1) is 17.2. The predicted octanol–water partition coefficient (Wildman–Crippen LogP) is 7.83. The van der Waals surface area contributed by atoms with Gasteiger partial charge in [0.15, 0.2) is 0 Å². The van der Waals surface area contributed by atoms with Crippen molar-refractivity contribution >= 4 is 5.97 Å². The lowest BCUT2D eigenvalue weighted by Gasteiger charge is -2.44. The molecule has 0 spiro atoms. The van der Waals surface area contributed by atoms with Gasteiger partial charge in [-0.05, 0) is 78.8 Å². The second kappa shape index (κ2) is 11.9. The van der Waals surface area contributed by atoms with Gasteiger partial charge < -0.3 is 5.11 Å². The number of rotatable bonds is 9. The summed E-state index contributed by atoms with van der Waals surface area (Å²) in [6, 6.07) is 10.5. The summed E-state index contributed by atoms with van der Waals surface area (Å²) < 4.78 is 67.2. The molecule has 37 heavy (non-hydrogen) atoms. The van der Waals surface area contributed by atoms with E-state index in [1.54, 1.807) is 0 Å². The van der Waals surface area contributed by atoms with E-state index in [0.717, 1.165) is 17.2 Å². The first-order valence-electron chi connectivity index (χ1n) is 12.8. The third-order valence-electron chi connectivity index (χ3n) is 7.30. The predicted molar refractivity (Wildman–Crippen MR) is 133 cm³/mol. The summed E-state index contributed by atoms with van der Waals surface area (Å²) in [5, 5.41) is 9.35. The third-order valence-corrected chi connectivity index (χ3v) is 7.30. The van der Waals surface area contributed by atoms with Gasteiger partial charge in [0, 0.05) is 31.0 Å². The van der Waals surface area contributed by atoms with Crippen LogP contribution in [0, 0.1) is 17.6 Å². The first-order valence-corrected chi connectivity index (χ1v) is 12.8. The smallest absolute Gasteiger partial charge is 0.389 e. The van der Waals surface area contributed by atoms with Gasteiger partial charge in [-0.15, -0.1) is 0 Å². The number of likely N-dealkylation sites (tertiary alicyclic amines) is 1. The molecule has 3 nitrogen and oxygen atoms in total. The van der Waals surface area contributed by atoms with Gasteiger partial charge in [-0.2, -0.15) is 13.2 Å². The monoisotopic (exact) mass is 525 g/mol. The molecular formula is C29H36F5NO2. The highest BCUT2D eigenvalue weighted by molar-refractivity contribution is 5.67. The van der Waals surface area contributed by atoms with Crippen LogP contribution in [0.5, 0.6) is 0 Å². The molecule has 0 amide bonds. The van der Waals surface area contributed by atoms with Crippen molar-refractivity contribution in [1.29, 1.82) is 0 Å². The molecule has 1 saturated heterocycles. The van der Waals surface area contributed by atoms with E-state index in [-0.39, 0.29) is 36.6 Å². The maximum Gasteiger partial charge on any atom is 0.389 e. The standard InChI is InChI=1S/C29H36F5NO2/c1-28(2,3)22-7-5-21(6-8-22)26-16-20(17-27(36)37)11-13-35(26)25(10-12-29(32,33)34)9-4-19-14-23(30)18-24(31)15-19/h5-8,14-15,18,20,25-26H,4,9-13,16-17H2,1-3H3,(H,36,37)/t20-,25-,26+/m1/s1. The van der Waals surface area contributed by atoms with Crippen LogP contribution < -0.4 is 0 Å². The van der Waals surface area contributed by atoms with E-state index in [4.69, 9.17) is 0 Å². The Labute approximate surface area is 215 Å². The molecule has 1 aliphatic rings. The summed E-state index contributed by atoms with van der Waals surface area (Å²) in [7, 11) is 0. The molecule has 2 aromatic rings. The van der Waals surface area contributed by atoms with Crippen molar-refractivity contribution in [3.05, 3.63) is 70.8 Å². The Morgan fingerprint density at radius 2 is 1.65 bits per heavy atom. The minimum atomic E-state index is -4.32.